The summed E-state index contributed by atoms with van der Waals surface area (Å²) in [5.74, 6) is 0. The van der Waals surface area contributed by atoms with Gasteiger partial charge in [0.25, 0.3) is 0 Å². The molecule has 0 fully saturated rings. The van der Waals surface area contributed by atoms with Crippen LogP contribution < -0.4 is 2.81 Å². The molecule has 0 spiro atoms. The molecule has 42 valence electrons. The zero-order valence-electron chi connectivity index (χ0n) is 6.23. The van der Waals surface area contributed by atoms with Crippen molar-refractivity contribution in [1.29, 1.82) is 0 Å². The van der Waals surface area contributed by atoms with E-state index in [1.165, 1.54) is 41.9 Å². The minimum absolute atomic E-state index is 1.17. The molecular weight excluding hydrogens is 119 g/mol. The van der Waals surface area contributed by atoms with Crippen molar-refractivity contribution >= 4 is 30.7 Å². The van der Waals surface area contributed by atoms with E-state index >= 15 is 0 Å². The van der Waals surface area contributed by atoms with Gasteiger partial charge < -0.3 is 0 Å². The van der Waals surface area contributed by atoms with E-state index in [1.54, 1.807) is 0 Å². The van der Waals surface area contributed by atoms with Crippen LogP contribution in [0.4, 0.5) is 0 Å². The van der Waals surface area contributed by atoms with Crippen molar-refractivity contribution in [2.75, 3.05) is 0 Å². The quantitative estimate of drug-likeness (QED) is 0.459. The fraction of sp³-hybridized carbons (Fsp3) is 0.250. The zero-order valence-corrected chi connectivity index (χ0v) is 8.23. The third kappa shape index (κ3) is 1.82. The van der Waals surface area contributed by atoms with Gasteiger partial charge in [0.05, 0.1) is 0 Å². The molecule has 1 rings (SSSR count). The molecule has 0 unspecified atom stereocenters. The molecule has 0 aliphatic rings. The summed E-state index contributed by atoms with van der Waals surface area (Å²) in [6.45, 7) is 4.31. The monoisotopic (exact) mass is 128 g/mol. The summed E-state index contributed by atoms with van der Waals surface area (Å²) in [5, 5.41) is 0. The summed E-state index contributed by atoms with van der Waals surface area (Å²) in [6, 6.07) is 6.63. The molecule has 0 aliphatic heterocycles. The first-order chi connectivity index (χ1) is 4.20. The fourth-order valence-electron chi connectivity index (χ4n) is 0.891. The van der Waals surface area contributed by atoms with Crippen molar-refractivity contribution in [3.63, 3.8) is 0 Å². The summed E-state index contributed by atoms with van der Waals surface area (Å²) in [4.78, 5) is 0. The van der Waals surface area contributed by atoms with Crippen LogP contribution in [0.2, 0.25) is 0 Å². The van der Waals surface area contributed by atoms with Gasteiger partial charge in [-0.3, -0.25) is 0 Å². The van der Waals surface area contributed by atoms with Gasteiger partial charge in [-0.1, -0.05) is 0 Å². The van der Waals surface area contributed by atoms with Crippen LogP contribution in [0.25, 0.3) is 0 Å². The van der Waals surface area contributed by atoms with Gasteiger partial charge in [0.15, 0.2) is 0 Å². The van der Waals surface area contributed by atoms with E-state index in [9.17, 15) is 0 Å². The molecule has 0 heterocycles. The first-order valence-corrected chi connectivity index (χ1v) is 4.24. The molecule has 0 atom stereocenters. The third-order valence-electron chi connectivity index (χ3n) is 1.66. The van der Waals surface area contributed by atoms with Gasteiger partial charge in [-0.25, -0.2) is 0 Å². The van der Waals surface area contributed by atoms with Gasteiger partial charge in [-0.15, -0.1) is 0 Å². The van der Waals surface area contributed by atoms with Crippen molar-refractivity contribution < 1.29 is 0 Å². The molecule has 9 heavy (non-hydrogen) atoms. The molecule has 1 heteroatoms. The molecule has 1 aromatic rings. The van der Waals surface area contributed by atoms with Crippen molar-refractivity contribution in [3.8, 4) is 0 Å². The van der Waals surface area contributed by atoms with E-state index in [0.717, 1.165) is 0 Å². The second kappa shape index (κ2) is 2.87. The Bertz CT molecular complexity index is 216. The van der Waals surface area contributed by atoms with Gasteiger partial charge in [-0.2, -0.15) is 0 Å². The number of rotatable bonds is 0. The Kier molecular flexibility index (Phi) is 2.34. The molecule has 1 aromatic carbocycles. The number of hydrogen-bond donors (Lipinski definition) is 0. The molecule has 0 aromatic heterocycles. The molecule has 0 saturated carbocycles. The van der Waals surface area contributed by atoms with Crippen molar-refractivity contribution in [2.24, 2.45) is 0 Å². The van der Waals surface area contributed by atoms with Gasteiger partial charge in [0, 0.05) is 0 Å². The van der Waals surface area contributed by atoms with Crippen LogP contribution >= 0.6 is 0 Å². The van der Waals surface area contributed by atoms with Gasteiger partial charge in [0.1, 0.15) is 0 Å². The van der Waals surface area contributed by atoms with Crippen molar-refractivity contribution in [1.82, 2.24) is 0 Å². The summed E-state index contributed by atoms with van der Waals surface area (Å²) in [7, 11) is 0. The molecule has 0 radical (unpaired) electrons. The van der Waals surface area contributed by atoms with Gasteiger partial charge >= 0.3 is 73.9 Å². The standard InChI is InChI=1S/C8H9.Na/c1-7-4-3-5-8(2)6-7;/h3-4,6H,1-2H3;. The number of aryl methyl sites for hydroxylation is 2. The Morgan fingerprint density at radius 2 is 1.89 bits per heavy atom. The minimum atomic E-state index is 1.17. The summed E-state index contributed by atoms with van der Waals surface area (Å²) in [5.41, 5.74) is 2.81. The molecule has 0 bridgehead atoms. The van der Waals surface area contributed by atoms with Crippen LogP contribution in [0, 0.1) is 13.8 Å². The Morgan fingerprint density at radius 3 is 2.33 bits per heavy atom. The van der Waals surface area contributed by atoms with E-state index in [1.807, 2.05) is 0 Å². The normalized spacial score (nSPS) is 9.78. The summed E-state index contributed by atoms with van der Waals surface area (Å²) < 4.78 is 1.51. The van der Waals surface area contributed by atoms with Crippen LogP contribution in [0.15, 0.2) is 18.2 Å². The first-order valence-electron chi connectivity index (χ1n) is 3.24. The third-order valence-corrected chi connectivity index (χ3v) is 2.78. The average Bonchev–Trinajstić information content (AvgIpc) is 1.80. The first kappa shape index (κ1) is 7.33. The van der Waals surface area contributed by atoms with E-state index < -0.39 is 0 Å². The Balaban J connectivity index is 3.17. The Morgan fingerprint density at radius 1 is 1.22 bits per heavy atom. The zero-order chi connectivity index (χ0) is 6.85. The van der Waals surface area contributed by atoms with Crippen LogP contribution in [0.5, 0.6) is 0 Å². The predicted octanol–water partition coefficient (Wildman–Crippen LogP) is 1.10. The molecular formula is C8H9Na. The van der Waals surface area contributed by atoms with E-state index in [4.69, 9.17) is 0 Å². The average molecular weight is 128 g/mol. The maximum absolute atomic E-state index is 2.24. The maximum atomic E-state index is 2.24. The van der Waals surface area contributed by atoms with E-state index in [0.29, 0.717) is 0 Å². The summed E-state index contributed by atoms with van der Waals surface area (Å²) in [6.07, 6.45) is 0. The van der Waals surface area contributed by atoms with Crippen LogP contribution in [-0.2, 0) is 0 Å². The van der Waals surface area contributed by atoms with E-state index in [2.05, 4.69) is 32.0 Å². The number of benzene rings is 1. The van der Waals surface area contributed by atoms with Crippen LogP contribution in [0.1, 0.15) is 11.1 Å². The fourth-order valence-corrected chi connectivity index (χ4v) is 1.20. The van der Waals surface area contributed by atoms with Gasteiger partial charge in [-0.05, 0) is 0 Å². The SMILES string of the molecule is Cc1cc[c]([Na])c(C)c1. The molecule has 0 saturated heterocycles. The Labute approximate surface area is 73.7 Å². The second-order valence-corrected chi connectivity index (χ2v) is 3.67. The van der Waals surface area contributed by atoms with Crippen LogP contribution in [-0.4, -0.2) is 27.9 Å². The molecule has 0 N–H and O–H groups in total. The van der Waals surface area contributed by atoms with Crippen molar-refractivity contribution in [2.45, 2.75) is 13.8 Å². The molecule has 0 aliphatic carbocycles. The molecule has 0 nitrogen and oxygen atoms in total. The summed E-state index contributed by atoms with van der Waals surface area (Å²) >= 11 is 1.17. The van der Waals surface area contributed by atoms with E-state index in [-0.39, 0.29) is 0 Å². The molecule has 0 amide bonds. The van der Waals surface area contributed by atoms with Crippen LogP contribution in [0.3, 0.4) is 0 Å². The number of hydrogen-bond acceptors (Lipinski definition) is 0. The van der Waals surface area contributed by atoms with Crippen molar-refractivity contribution in [3.05, 3.63) is 29.3 Å². The second-order valence-electron chi connectivity index (χ2n) is 2.59. The Hall–Kier alpha value is 0.220. The predicted molar refractivity (Wildman–Crippen MR) is 41.3 cm³/mol. The topological polar surface area (TPSA) is 0 Å². The van der Waals surface area contributed by atoms with Gasteiger partial charge in [0.2, 0.25) is 0 Å².